The molecule has 1 aliphatic heterocycles. The van der Waals surface area contributed by atoms with Gasteiger partial charge in [-0.1, -0.05) is 18.2 Å². The molecule has 0 aliphatic carbocycles. The number of aryl methyl sites for hydroxylation is 1. The SMILES string of the molecule is Cc1ccccc1-n1ncc(NC(=O)N2CC(c3cc(=O)[nH][nH]3)C2)c1C(F)F. The number of nitrogens with one attached hydrogen (secondary N) is 3. The smallest absolute Gasteiger partial charge is 0.321 e. The molecule has 146 valence electrons. The maximum absolute atomic E-state index is 13.7. The number of benzene rings is 1. The predicted molar refractivity (Wildman–Crippen MR) is 98.0 cm³/mol. The third-order valence-electron chi connectivity index (χ3n) is 4.82. The van der Waals surface area contributed by atoms with E-state index >= 15 is 0 Å². The van der Waals surface area contributed by atoms with Gasteiger partial charge < -0.3 is 15.3 Å². The van der Waals surface area contributed by atoms with Gasteiger partial charge in [-0.15, -0.1) is 0 Å². The fourth-order valence-corrected chi connectivity index (χ4v) is 3.26. The van der Waals surface area contributed by atoms with E-state index in [-0.39, 0.29) is 22.9 Å². The quantitative estimate of drug-likeness (QED) is 0.641. The standard InChI is InChI=1S/C18H18F2N6O2/c1-10-4-2-3-5-14(10)26-16(17(19)20)13(7-21-26)22-18(28)25-8-11(9-25)12-6-15(27)24-23-12/h2-7,11,17H,8-9H2,1H3,(H,22,28)(H2,23,24,27). The second kappa shape index (κ2) is 6.95. The number of urea groups is 1. The number of carbonyl (C=O) groups is 1. The van der Waals surface area contributed by atoms with Gasteiger partial charge in [-0.2, -0.15) is 5.10 Å². The average molecular weight is 388 g/mol. The lowest BCUT2D eigenvalue weighted by Crippen LogP contribution is -2.50. The van der Waals surface area contributed by atoms with Crippen molar-refractivity contribution in [2.24, 2.45) is 0 Å². The van der Waals surface area contributed by atoms with Crippen LogP contribution >= 0.6 is 0 Å². The molecule has 2 amide bonds. The number of aromatic nitrogens is 4. The van der Waals surface area contributed by atoms with Crippen LogP contribution in [0, 0.1) is 6.92 Å². The Bertz CT molecular complexity index is 1060. The minimum Gasteiger partial charge on any atom is -0.323 e. The second-order valence-corrected chi connectivity index (χ2v) is 6.69. The molecule has 2 aromatic heterocycles. The molecular weight excluding hydrogens is 370 g/mol. The number of likely N-dealkylation sites (tertiary alicyclic amines) is 1. The Kier molecular flexibility index (Phi) is 4.46. The van der Waals surface area contributed by atoms with E-state index < -0.39 is 12.5 Å². The molecule has 0 unspecified atom stereocenters. The van der Waals surface area contributed by atoms with Crippen LogP contribution in [0.3, 0.4) is 0 Å². The summed E-state index contributed by atoms with van der Waals surface area (Å²) in [5.41, 5.74) is 1.41. The van der Waals surface area contributed by atoms with E-state index in [0.717, 1.165) is 15.9 Å². The van der Waals surface area contributed by atoms with Crippen LogP contribution in [0.25, 0.3) is 5.69 Å². The van der Waals surface area contributed by atoms with Crippen LogP contribution in [-0.2, 0) is 0 Å². The highest BCUT2D eigenvalue weighted by molar-refractivity contribution is 5.90. The van der Waals surface area contributed by atoms with Crippen molar-refractivity contribution in [1.82, 2.24) is 24.9 Å². The van der Waals surface area contributed by atoms with Gasteiger partial charge in [0, 0.05) is 30.8 Å². The van der Waals surface area contributed by atoms with Crippen LogP contribution in [0.4, 0.5) is 19.3 Å². The maximum Gasteiger partial charge on any atom is 0.321 e. The number of alkyl halides is 2. The summed E-state index contributed by atoms with van der Waals surface area (Å²) in [5, 5.41) is 11.8. The third kappa shape index (κ3) is 3.17. The first-order valence-electron chi connectivity index (χ1n) is 8.69. The number of hydrogen-bond acceptors (Lipinski definition) is 3. The van der Waals surface area contributed by atoms with Gasteiger partial charge in [-0.25, -0.2) is 18.3 Å². The van der Waals surface area contributed by atoms with Crippen molar-refractivity contribution in [3.05, 3.63) is 63.8 Å². The number of rotatable bonds is 4. The molecule has 10 heteroatoms. The van der Waals surface area contributed by atoms with Crippen molar-refractivity contribution in [2.45, 2.75) is 19.3 Å². The van der Waals surface area contributed by atoms with Gasteiger partial charge in [-0.05, 0) is 18.6 Å². The van der Waals surface area contributed by atoms with Crippen molar-refractivity contribution in [2.75, 3.05) is 18.4 Å². The summed E-state index contributed by atoms with van der Waals surface area (Å²) in [4.78, 5) is 25.1. The van der Waals surface area contributed by atoms with Crippen LogP contribution < -0.4 is 10.9 Å². The molecule has 3 N–H and O–H groups in total. The number of aromatic amines is 2. The van der Waals surface area contributed by atoms with Crippen LogP contribution in [0.5, 0.6) is 0 Å². The largest absolute Gasteiger partial charge is 0.323 e. The molecule has 0 atom stereocenters. The van der Waals surface area contributed by atoms with Crippen LogP contribution in [0.2, 0.25) is 0 Å². The van der Waals surface area contributed by atoms with Gasteiger partial charge in [0.25, 0.3) is 12.0 Å². The number of para-hydroxylation sites is 1. The van der Waals surface area contributed by atoms with Crippen molar-refractivity contribution in [3.63, 3.8) is 0 Å². The molecule has 0 spiro atoms. The first kappa shape index (κ1) is 18.0. The summed E-state index contributed by atoms with van der Waals surface area (Å²) in [6.07, 6.45) is -1.58. The van der Waals surface area contributed by atoms with E-state index in [4.69, 9.17) is 0 Å². The molecule has 1 fully saturated rings. The van der Waals surface area contributed by atoms with E-state index in [0.29, 0.717) is 18.8 Å². The normalized spacial score (nSPS) is 14.4. The van der Waals surface area contributed by atoms with Crippen LogP contribution in [-0.4, -0.2) is 44.0 Å². The van der Waals surface area contributed by atoms with E-state index in [1.807, 2.05) is 6.07 Å². The van der Waals surface area contributed by atoms with Crippen LogP contribution in [0.15, 0.2) is 41.3 Å². The number of H-pyrrole nitrogens is 2. The molecule has 28 heavy (non-hydrogen) atoms. The molecule has 8 nitrogen and oxygen atoms in total. The Morgan fingerprint density at radius 3 is 2.68 bits per heavy atom. The number of hydrogen-bond donors (Lipinski definition) is 3. The number of anilines is 1. The summed E-state index contributed by atoms with van der Waals surface area (Å²) in [7, 11) is 0. The fraction of sp³-hybridized carbons (Fsp3) is 0.278. The molecule has 4 rings (SSSR count). The maximum atomic E-state index is 13.7. The third-order valence-corrected chi connectivity index (χ3v) is 4.82. The molecule has 1 saturated heterocycles. The van der Waals surface area contributed by atoms with Crippen molar-refractivity contribution >= 4 is 11.7 Å². The summed E-state index contributed by atoms with van der Waals surface area (Å²) >= 11 is 0. The topological polar surface area (TPSA) is 98.8 Å². The minimum absolute atomic E-state index is 0.00830. The lowest BCUT2D eigenvalue weighted by Gasteiger charge is -2.38. The Hall–Kier alpha value is -3.43. The summed E-state index contributed by atoms with van der Waals surface area (Å²) in [6.45, 7) is 2.57. The Morgan fingerprint density at radius 2 is 2.04 bits per heavy atom. The summed E-state index contributed by atoms with van der Waals surface area (Å²) in [5.74, 6) is 0.00830. The lowest BCUT2D eigenvalue weighted by molar-refractivity contribution is 0.143. The van der Waals surface area contributed by atoms with Gasteiger partial charge in [0.2, 0.25) is 0 Å². The highest BCUT2D eigenvalue weighted by Gasteiger charge is 2.34. The van der Waals surface area contributed by atoms with Gasteiger partial charge in [0.15, 0.2) is 0 Å². The van der Waals surface area contributed by atoms with E-state index in [1.54, 1.807) is 25.1 Å². The van der Waals surface area contributed by atoms with Gasteiger partial charge in [0.05, 0.1) is 17.6 Å². The number of nitrogens with zero attached hydrogens (tertiary/aromatic N) is 3. The Morgan fingerprint density at radius 1 is 1.29 bits per heavy atom. The number of halogens is 2. The van der Waals surface area contributed by atoms with Crippen molar-refractivity contribution in [1.29, 1.82) is 0 Å². The van der Waals surface area contributed by atoms with Crippen molar-refractivity contribution < 1.29 is 13.6 Å². The van der Waals surface area contributed by atoms with Gasteiger partial charge in [-0.3, -0.25) is 9.89 Å². The zero-order valence-corrected chi connectivity index (χ0v) is 14.9. The average Bonchev–Trinajstić information content (AvgIpc) is 3.20. The van der Waals surface area contributed by atoms with Gasteiger partial charge in [0.1, 0.15) is 5.69 Å². The zero-order chi connectivity index (χ0) is 19.8. The monoisotopic (exact) mass is 388 g/mol. The highest BCUT2D eigenvalue weighted by Crippen LogP contribution is 2.31. The summed E-state index contributed by atoms with van der Waals surface area (Å²) in [6, 6.07) is 8.00. The van der Waals surface area contributed by atoms with E-state index in [1.165, 1.54) is 17.2 Å². The zero-order valence-electron chi connectivity index (χ0n) is 14.9. The fourth-order valence-electron chi connectivity index (χ4n) is 3.26. The van der Waals surface area contributed by atoms with Gasteiger partial charge >= 0.3 is 6.03 Å². The molecule has 3 heterocycles. The Balaban J connectivity index is 1.50. The molecule has 1 aromatic carbocycles. The lowest BCUT2D eigenvalue weighted by atomic mass is 9.97. The number of amides is 2. The Labute approximate surface area is 158 Å². The number of carbonyl (C=O) groups excluding carboxylic acids is 1. The molecule has 0 bridgehead atoms. The molecule has 1 aliphatic rings. The second-order valence-electron chi connectivity index (χ2n) is 6.69. The summed E-state index contributed by atoms with van der Waals surface area (Å²) < 4.78 is 28.6. The van der Waals surface area contributed by atoms with Crippen molar-refractivity contribution in [3.8, 4) is 5.69 Å². The van der Waals surface area contributed by atoms with E-state index in [9.17, 15) is 18.4 Å². The first-order chi connectivity index (χ1) is 13.4. The van der Waals surface area contributed by atoms with E-state index in [2.05, 4.69) is 20.6 Å². The van der Waals surface area contributed by atoms with Crippen LogP contribution in [0.1, 0.15) is 29.3 Å². The molecule has 0 radical (unpaired) electrons. The molecule has 0 saturated carbocycles. The predicted octanol–water partition coefficient (Wildman–Crippen LogP) is 2.77. The molecular formula is C18H18F2N6O2. The minimum atomic E-state index is -2.81. The molecule has 3 aromatic rings. The first-order valence-corrected chi connectivity index (χ1v) is 8.69. The highest BCUT2D eigenvalue weighted by atomic mass is 19.3.